The molecule has 224 valence electrons. The fraction of sp³-hybridized carbons (Fsp3) is 0.316. The van der Waals surface area contributed by atoms with Crippen LogP contribution in [0.15, 0.2) is 82.8 Å². The van der Waals surface area contributed by atoms with Crippen LogP contribution >= 0.6 is 0 Å². The molecule has 0 amide bonds. The average Bonchev–Trinajstić information content (AvgIpc) is 2.97. The Labute approximate surface area is 256 Å². The van der Waals surface area contributed by atoms with Crippen molar-refractivity contribution in [2.75, 3.05) is 0 Å². The Morgan fingerprint density at radius 2 is 0.860 bits per heavy atom. The van der Waals surface area contributed by atoms with E-state index in [1.54, 1.807) is 12.4 Å². The van der Waals surface area contributed by atoms with Gasteiger partial charge in [0.05, 0.1) is 11.4 Å². The number of hydrogen-bond acceptors (Lipinski definition) is 5. The number of rotatable bonds is 10. The van der Waals surface area contributed by atoms with E-state index in [4.69, 9.17) is 4.74 Å². The van der Waals surface area contributed by atoms with E-state index < -0.39 is 0 Å². The molecule has 0 spiro atoms. The second-order valence-corrected chi connectivity index (χ2v) is 12.3. The maximum atomic E-state index is 10.8. The van der Waals surface area contributed by atoms with Crippen molar-refractivity contribution in [2.24, 2.45) is 9.98 Å². The molecule has 43 heavy (non-hydrogen) atoms. The third-order valence-corrected chi connectivity index (χ3v) is 7.57. The van der Waals surface area contributed by atoms with E-state index in [1.807, 2.05) is 60.7 Å². The Bertz CT molecular complexity index is 1480. The van der Waals surface area contributed by atoms with Crippen molar-refractivity contribution in [1.29, 1.82) is 0 Å². The number of phenols is 2. The molecule has 0 atom stereocenters. The van der Waals surface area contributed by atoms with Gasteiger partial charge in [0.2, 0.25) is 0 Å². The lowest BCUT2D eigenvalue weighted by molar-refractivity contribution is 0.463. The van der Waals surface area contributed by atoms with E-state index in [9.17, 15) is 10.2 Å². The van der Waals surface area contributed by atoms with Crippen molar-refractivity contribution in [1.82, 2.24) is 0 Å². The van der Waals surface area contributed by atoms with Gasteiger partial charge < -0.3 is 14.9 Å². The fourth-order valence-electron chi connectivity index (χ4n) is 4.78. The SMILES string of the molecule is CC(C)c1cc(C=Nc2ccc(Oc3ccc(N=Cc4cc(C(C)C)cc(C(C)C)c4O)cc3)cc2)c(O)c(C(C)C)c1. The molecule has 0 unspecified atom stereocenters. The van der Waals surface area contributed by atoms with Gasteiger partial charge in [-0.1, -0.05) is 67.5 Å². The largest absolute Gasteiger partial charge is 0.507 e. The highest BCUT2D eigenvalue weighted by Gasteiger charge is 2.15. The lowest BCUT2D eigenvalue weighted by atomic mass is 9.92. The molecule has 5 heteroatoms. The van der Waals surface area contributed by atoms with Crippen molar-refractivity contribution >= 4 is 23.8 Å². The van der Waals surface area contributed by atoms with E-state index in [-0.39, 0.29) is 23.3 Å². The van der Waals surface area contributed by atoms with Gasteiger partial charge in [-0.25, -0.2) is 0 Å². The number of aliphatic imine (C=N–C) groups is 2. The molecule has 2 N–H and O–H groups in total. The van der Waals surface area contributed by atoms with Crippen molar-refractivity contribution in [3.8, 4) is 23.0 Å². The highest BCUT2D eigenvalue weighted by Crippen LogP contribution is 2.34. The number of phenolic OH excluding ortho intramolecular Hbond substituents is 2. The Kier molecular flexibility index (Phi) is 10.1. The zero-order valence-corrected chi connectivity index (χ0v) is 26.6. The lowest BCUT2D eigenvalue weighted by Gasteiger charge is -2.15. The van der Waals surface area contributed by atoms with Crippen LogP contribution in [-0.2, 0) is 0 Å². The molecule has 4 aromatic rings. The zero-order valence-electron chi connectivity index (χ0n) is 26.6. The van der Waals surface area contributed by atoms with Crippen LogP contribution in [0, 0.1) is 0 Å². The third-order valence-electron chi connectivity index (χ3n) is 7.57. The first-order chi connectivity index (χ1) is 20.4. The normalized spacial score (nSPS) is 12.1. The third kappa shape index (κ3) is 7.92. The summed E-state index contributed by atoms with van der Waals surface area (Å²) in [5.74, 6) is 3.12. The van der Waals surface area contributed by atoms with Gasteiger partial charge in [-0.05, 0) is 107 Å². The molecular weight excluding hydrogens is 532 g/mol. The second kappa shape index (κ2) is 13.7. The molecule has 0 saturated carbocycles. The molecule has 0 aliphatic carbocycles. The number of ether oxygens (including phenoxy) is 1. The molecular formula is C38H44N2O3. The Morgan fingerprint density at radius 1 is 0.512 bits per heavy atom. The molecule has 0 aromatic heterocycles. The molecule has 4 rings (SSSR count). The summed E-state index contributed by atoms with van der Waals surface area (Å²) in [7, 11) is 0. The number of hydrogen-bond donors (Lipinski definition) is 2. The molecule has 0 heterocycles. The van der Waals surface area contributed by atoms with Gasteiger partial charge >= 0.3 is 0 Å². The summed E-state index contributed by atoms with van der Waals surface area (Å²) in [6, 6.07) is 23.3. The van der Waals surface area contributed by atoms with Crippen molar-refractivity contribution < 1.29 is 14.9 Å². The molecule has 0 bridgehead atoms. The van der Waals surface area contributed by atoms with E-state index in [1.165, 1.54) is 11.1 Å². The molecule has 0 saturated heterocycles. The summed E-state index contributed by atoms with van der Waals surface area (Å²) in [5, 5.41) is 21.6. The zero-order chi connectivity index (χ0) is 31.3. The molecule has 5 nitrogen and oxygen atoms in total. The Hall–Kier alpha value is -4.38. The van der Waals surface area contributed by atoms with E-state index in [0.29, 0.717) is 23.3 Å². The summed E-state index contributed by atoms with van der Waals surface area (Å²) in [6.45, 7) is 16.9. The summed E-state index contributed by atoms with van der Waals surface area (Å²) in [5.41, 5.74) is 7.22. The first kappa shape index (κ1) is 31.6. The van der Waals surface area contributed by atoms with Crippen molar-refractivity contribution in [3.63, 3.8) is 0 Å². The molecule has 4 aromatic carbocycles. The molecule has 0 aliphatic rings. The highest BCUT2D eigenvalue weighted by atomic mass is 16.5. The number of aromatic hydroxyl groups is 2. The Morgan fingerprint density at radius 3 is 1.16 bits per heavy atom. The predicted molar refractivity (Wildman–Crippen MR) is 180 cm³/mol. The van der Waals surface area contributed by atoms with Gasteiger partial charge in [0.25, 0.3) is 0 Å². The van der Waals surface area contributed by atoms with Crippen LogP contribution < -0.4 is 4.74 Å². The minimum absolute atomic E-state index is 0.219. The van der Waals surface area contributed by atoms with Crippen LogP contribution in [-0.4, -0.2) is 22.6 Å². The van der Waals surface area contributed by atoms with Gasteiger partial charge in [0, 0.05) is 23.6 Å². The average molecular weight is 577 g/mol. The quantitative estimate of drug-likeness (QED) is 0.184. The monoisotopic (exact) mass is 576 g/mol. The van der Waals surface area contributed by atoms with Gasteiger partial charge in [-0.15, -0.1) is 0 Å². The molecule has 0 fully saturated rings. The van der Waals surface area contributed by atoms with E-state index >= 15 is 0 Å². The van der Waals surface area contributed by atoms with E-state index in [0.717, 1.165) is 33.6 Å². The van der Waals surface area contributed by atoms with Crippen LogP contribution in [0.25, 0.3) is 0 Å². The Balaban J connectivity index is 1.45. The topological polar surface area (TPSA) is 74.4 Å². The van der Waals surface area contributed by atoms with E-state index in [2.05, 4.69) is 77.5 Å². The molecule has 0 aliphatic heterocycles. The minimum atomic E-state index is 0.219. The summed E-state index contributed by atoms with van der Waals surface area (Å²) in [4.78, 5) is 9.21. The van der Waals surface area contributed by atoms with Crippen LogP contribution in [0.5, 0.6) is 23.0 Å². The highest BCUT2D eigenvalue weighted by molar-refractivity contribution is 5.87. The van der Waals surface area contributed by atoms with Gasteiger partial charge in [0.15, 0.2) is 0 Å². The summed E-state index contributed by atoms with van der Waals surface area (Å²) in [6.07, 6.45) is 3.45. The van der Waals surface area contributed by atoms with Gasteiger partial charge in [0.1, 0.15) is 23.0 Å². The summed E-state index contributed by atoms with van der Waals surface area (Å²) < 4.78 is 6.04. The van der Waals surface area contributed by atoms with Gasteiger partial charge in [-0.2, -0.15) is 0 Å². The number of benzene rings is 4. The smallest absolute Gasteiger partial charge is 0.127 e. The lowest BCUT2D eigenvalue weighted by Crippen LogP contribution is -1.98. The van der Waals surface area contributed by atoms with Gasteiger partial charge in [-0.3, -0.25) is 9.98 Å². The van der Waals surface area contributed by atoms with Crippen LogP contribution in [0.4, 0.5) is 11.4 Å². The first-order valence-corrected chi connectivity index (χ1v) is 15.1. The standard InChI is InChI=1S/C38H44N2O3/c1-23(2)27-17-29(37(41)35(19-27)25(5)6)21-39-31-9-13-33(14-10-31)43-34-15-11-32(12-16-34)40-22-30-18-28(24(3)4)20-36(26(7)8)38(30)42/h9-26,41-42H,1-8H3. The summed E-state index contributed by atoms with van der Waals surface area (Å²) >= 11 is 0. The van der Waals surface area contributed by atoms with Crippen LogP contribution in [0.1, 0.15) is 112 Å². The maximum absolute atomic E-state index is 10.8. The number of nitrogens with zero attached hydrogens (tertiary/aromatic N) is 2. The van der Waals surface area contributed by atoms with Crippen molar-refractivity contribution in [3.05, 3.63) is 106 Å². The first-order valence-electron chi connectivity index (χ1n) is 15.1. The maximum Gasteiger partial charge on any atom is 0.127 e. The van der Waals surface area contributed by atoms with Crippen LogP contribution in [0.2, 0.25) is 0 Å². The van der Waals surface area contributed by atoms with Crippen LogP contribution in [0.3, 0.4) is 0 Å². The molecule has 0 radical (unpaired) electrons. The second-order valence-electron chi connectivity index (χ2n) is 12.3. The van der Waals surface area contributed by atoms with Crippen molar-refractivity contribution in [2.45, 2.75) is 79.1 Å². The predicted octanol–water partition coefficient (Wildman–Crippen LogP) is 10.9. The fourth-order valence-corrected chi connectivity index (χ4v) is 4.78. The minimum Gasteiger partial charge on any atom is -0.507 e.